The summed E-state index contributed by atoms with van der Waals surface area (Å²) in [6, 6.07) is 0.187. The maximum absolute atomic E-state index is 10.7. The minimum absolute atomic E-state index is 0.230. The van der Waals surface area contributed by atoms with Crippen LogP contribution in [-0.2, 0) is 11.3 Å². The molecule has 3 atom stereocenters. The maximum Gasteiger partial charge on any atom is 0.138 e. The van der Waals surface area contributed by atoms with Gasteiger partial charge in [0.15, 0.2) is 0 Å². The van der Waals surface area contributed by atoms with Crippen molar-refractivity contribution in [2.45, 2.75) is 18.6 Å². The number of rotatable bonds is 4. The third kappa shape index (κ3) is 2.56. The lowest BCUT2D eigenvalue weighted by molar-refractivity contribution is -0.109. The van der Waals surface area contributed by atoms with E-state index in [1.807, 2.05) is 0 Å². The molecule has 10 N–H and O–H groups in total. The molecular weight excluding hydrogens is 237 g/mol. The van der Waals surface area contributed by atoms with Crippen LogP contribution in [-0.4, -0.2) is 12.3 Å². The highest BCUT2D eigenvalue weighted by Crippen LogP contribution is 2.27. The quantitative estimate of drug-likeness (QED) is 0.247. The summed E-state index contributed by atoms with van der Waals surface area (Å²) in [4.78, 5) is 10.7. The third-order valence-corrected chi connectivity index (χ3v) is 3.34. The predicted octanol–water partition coefficient (Wildman–Crippen LogP) is -1.66. The van der Waals surface area contributed by atoms with E-state index in [2.05, 4.69) is 9.24 Å². The van der Waals surface area contributed by atoms with Crippen molar-refractivity contribution < 1.29 is 4.79 Å². The van der Waals surface area contributed by atoms with Crippen molar-refractivity contribution >= 4 is 32.2 Å². The monoisotopic (exact) mass is 255 g/mol. The van der Waals surface area contributed by atoms with Crippen LogP contribution in [0.1, 0.15) is 17.2 Å². The Kier molecular flexibility index (Phi) is 4.42. The first-order valence-corrected chi connectivity index (χ1v) is 5.64. The molecular formula is C10H18N5OP. The summed E-state index contributed by atoms with van der Waals surface area (Å²) in [7, 11) is 2.44. The molecule has 0 fully saturated rings. The van der Waals surface area contributed by atoms with E-state index in [0.717, 1.165) is 0 Å². The van der Waals surface area contributed by atoms with Crippen LogP contribution in [0.2, 0.25) is 0 Å². The highest BCUT2D eigenvalue weighted by Gasteiger charge is 2.22. The number of hydrogen-bond acceptors (Lipinski definition) is 6. The largest absolute Gasteiger partial charge is 0.398 e. The third-order valence-electron chi connectivity index (χ3n) is 2.69. The highest BCUT2D eigenvalue weighted by molar-refractivity contribution is 7.28. The molecule has 0 saturated carbocycles. The topological polar surface area (TPSA) is 147 Å². The molecule has 0 aliphatic heterocycles. The molecule has 0 heterocycles. The van der Waals surface area contributed by atoms with Crippen molar-refractivity contribution in [2.75, 3.05) is 11.5 Å². The van der Waals surface area contributed by atoms with Gasteiger partial charge < -0.3 is 33.5 Å². The van der Waals surface area contributed by atoms with Crippen molar-refractivity contribution in [3.8, 4) is 0 Å². The van der Waals surface area contributed by atoms with Gasteiger partial charge in [0.1, 0.15) is 6.29 Å². The second kappa shape index (κ2) is 5.42. The zero-order chi connectivity index (χ0) is 13.2. The molecule has 0 radical (unpaired) electrons. The van der Waals surface area contributed by atoms with Crippen LogP contribution in [0, 0.1) is 0 Å². The average molecular weight is 255 g/mol. The summed E-state index contributed by atoms with van der Waals surface area (Å²) in [6.45, 7) is 0.230. The number of nitrogen functional groups attached to an aromatic ring is 2. The van der Waals surface area contributed by atoms with Crippen LogP contribution in [0.4, 0.5) is 11.4 Å². The number of aldehydes is 1. The Morgan fingerprint density at radius 3 is 2.41 bits per heavy atom. The maximum atomic E-state index is 10.7. The summed E-state index contributed by atoms with van der Waals surface area (Å²) in [5, 5.41) is 0.644. The number of anilines is 2. The molecule has 0 saturated heterocycles. The number of benzene rings is 1. The lowest BCUT2D eigenvalue weighted by Crippen LogP contribution is -2.37. The Morgan fingerprint density at radius 1 is 1.35 bits per heavy atom. The van der Waals surface area contributed by atoms with E-state index < -0.39 is 12.1 Å². The van der Waals surface area contributed by atoms with Gasteiger partial charge in [-0.2, -0.15) is 0 Å². The number of hydrogen-bond donors (Lipinski definition) is 5. The van der Waals surface area contributed by atoms with Crippen LogP contribution < -0.4 is 34.0 Å². The van der Waals surface area contributed by atoms with E-state index in [-0.39, 0.29) is 6.54 Å². The fourth-order valence-corrected chi connectivity index (χ4v) is 1.90. The second-order valence-corrected chi connectivity index (χ2v) is 4.39. The minimum atomic E-state index is -0.823. The zero-order valence-corrected chi connectivity index (χ0v) is 10.5. The van der Waals surface area contributed by atoms with Gasteiger partial charge >= 0.3 is 0 Å². The molecule has 1 aromatic rings. The summed E-state index contributed by atoms with van der Waals surface area (Å²) in [5.74, 6) is 0. The van der Waals surface area contributed by atoms with E-state index in [1.54, 1.807) is 6.07 Å². The van der Waals surface area contributed by atoms with Crippen molar-refractivity contribution in [2.24, 2.45) is 17.2 Å². The van der Waals surface area contributed by atoms with E-state index in [0.29, 0.717) is 34.1 Å². The summed E-state index contributed by atoms with van der Waals surface area (Å²) in [6.07, 6.45) is 0.587. The van der Waals surface area contributed by atoms with Crippen molar-refractivity contribution in [1.82, 2.24) is 0 Å². The van der Waals surface area contributed by atoms with Gasteiger partial charge in [0.05, 0.1) is 12.1 Å². The Hall–Kier alpha value is -1.20. The van der Waals surface area contributed by atoms with Crippen molar-refractivity contribution in [3.63, 3.8) is 0 Å². The standard InChI is InChI=1S/C10H18N5OP/c11-2-4-1-5(12)10(17)9(15)7(4)8(14)6(13)3-16/h1,3,6,8H,2,11-15,17H2. The predicted molar refractivity (Wildman–Crippen MR) is 73.5 cm³/mol. The Morgan fingerprint density at radius 2 is 1.94 bits per heavy atom. The van der Waals surface area contributed by atoms with E-state index in [4.69, 9.17) is 28.7 Å². The van der Waals surface area contributed by atoms with Gasteiger partial charge in [0.25, 0.3) is 0 Å². The molecule has 7 heteroatoms. The minimum Gasteiger partial charge on any atom is -0.398 e. The molecule has 17 heavy (non-hydrogen) atoms. The van der Waals surface area contributed by atoms with Gasteiger partial charge in [-0.25, -0.2) is 0 Å². The fourth-order valence-electron chi connectivity index (χ4n) is 1.66. The molecule has 3 unspecified atom stereocenters. The first-order chi connectivity index (χ1) is 7.93. The van der Waals surface area contributed by atoms with E-state index >= 15 is 0 Å². The van der Waals surface area contributed by atoms with Crippen molar-refractivity contribution in [1.29, 1.82) is 0 Å². The lowest BCUT2D eigenvalue weighted by Gasteiger charge is -2.22. The van der Waals surface area contributed by atoms with Crippen LogP contribution in [0.15, 0.2) is 6.07 Å². The second-order valence-electron chi connectivity index (χ2n) is 3.81. The van der Waals surface area contributed by atoms with Crippen molar-refractivity contribution in [3.05, 3.63) is 17.2 Å². The van der Waals surface area contributed by atoms with E-state index in [9.17, 15) is 4.79 Å². The fraction of sp³-hybridized carbons (Fsp3) is 0.300. The molecule has 1 rings (SSSR count). The summed E-state index contributed by atoms with van der Waals surface area (Å²) in [5.41, 5.74) is 31.1. The Labute approximate surface area is 102 Å². The Balaban J connectivity index is 3.40. The molecule has 0 spiro atoms. The molecule has 0 aliphatic carbocycles. The first-order valence-electron chi connectivity index (χ1n) is 5.06. The van der Waals surface area contributed by atoms with Gasteiger partial charge in [-0.1, -0.05) is 0 Å². The summed E-state index contributed by atoms with van der Waals surface area (Å²) >= 11 is 0. The lowest BCUT2D eigenvalue weighted by atomic mass is 9.94. The first kappa shape index (κ1) is 13.9. The molecule has 0 aliphatic rings. The normalized spacial score (nSPS) is 14.4. The van der Waals surface area contributed by atoms with Gasteiger partial charge in [0.2, 0.25) is 0 Å². The van der Waals surface area contributed by atoms with Gasteiger partial charge in [-0.3, -0.25) is 0 Å². The van der Waals surface area contributed by atoms with Crippen LogP contribution in [0.3, 0.4) is 0 Å². The molecule has 0 amide bonds. The van der Waals surface area contributed by atoms with Crippen LogP contribution >= 0.6 is 9.24 Å². The van der Waals surface area contributed by atoms with Gasteiger partial charge in [0, 0.05) is 23.2 Å². The molecule has 0 bridgehead atoms. The van der Waals surface area contributed by atoms with Crippen LogP contribution in [0.5, 0.6) is 0 Å². The molecule has 0 aromatic heterocycles. The molecule has 1 aromatic carbocycles. The molecule has 6 nitrogen and oxygen atoms in total. The highest BCUT2D eigenvalue weighted by atomic mass is 31.0. The smallest absolute Gasteiger partial charge is 0.138 e. The zero-order valence-electron chi connectivity index (χ0n) is 9.39. The molecule has 94 valence electrons. The van der Waals surface area contributed by atoms with Crippen LogP contribution in [0.25, 0.3) is 0 Å². The van der Waals surface area contributed by atoms with Gasteiger partial charge in [-0.05, 0) is 17.2 Å². The number of nitrogens with two attached hydrogens (primary N) is 5. The summed E-state index contributed by atoms with van der Waals surface area (Å²) < 4.78 is 0. The number of carbonyl (C=O) groups excluding carboxylic acids is 1. The number of carbonyl (C=O) groups is 1. The Bertz CT molecular complexity index is 437. The average Bonchev–Trinajstić information content (AvgIpc) is 2.33. The SMILES string of the molecule is NCc1cc(N)c(P)c(N)c1C(N)C(N)C=O. The van der Waals surface area contributed by atoms with Gasteiger partial charge in [-0.15, -0.1) is 9.24 Å². The van der Waals surface area contributed by atoms with E-state index in [1.165, 1.54) is 0 Å².